The molecule has 3 nitrogen and oxygen atoms in total. The molecule has 20 heavy (non-hydrogen) atoms. The van der Waals surface area contributed by atoms with E-state index in [-0.39, 0.29) is 5.54 Å². The van der Waals surface area contributed by atoms with Crippen LogP contribution in [-0.2, 0) is 0 Å². The summed E-state index contributed by atoms with van der Waals surface area (Å²) in [5, 5.41) is 3.69. The second-order valence-electron chi connectivity index (χ2n) is 7.86. The van der Waals surface area contributed by atoms with Crippen LogP contribution in [0.4, 0.5) is 0 Å². The van der Waals surface area contributed by atoms with E-state index in [1.54, 1.807) is 0 Å². The van der Waals surface area contributed by atoms with Gasteiger partial charge in [0.2, 0.25) is 0 Å². The van der Waals surface area contributed by atoms with Crippen molar-refractivity contribution in [3.05, 3.63) is 0 Å². The number of piperazine rings is 1. The molecule has 0 aromatic heterocycles. The van der Waals surface area contributed by atoms with Gasteiger partial charge in [-0.1, -0.05) is 6.92 Å². The maximum atomic E-state index is 3.69. The van der Waals surface area contributed by atoms with E-state index in [9.17, 15) is 0 Å². The highest BCUT2D eigenvalue weighted by molar-refractivity contribution is 4.93. The zero-order chi connectivity index (χ0) is 14.8. The van der Waals surface area contributed by atoms with Gasteiger partial charge in [0.1, 0.15) is 0 Å². The molecule has 0 aromatic rings. The summed E-state index contributed by atoms with van der Waals surface area (Å²) in [5.74, 6) is 0.879. The van der Waals surface area contributed by atoms with Gasteiger partial charge in [0.25, 0.3) is 0 Å². The molecule has 1 aliphatic carbocycles. The van der Waals surface area contributed by atoms with Crippen LogP contribution in [0.15, 0.2) is 0 Å². The molecular weight excluding hydrogens is 246 g/mol. The summed E-state index contributed by atoms with van der Waals surface area (Å²) in [5.41, 5.74) is 0.259. The molecule has 3 heteroatoms. The third kappa shape index (κ3) is 4.19. The third-order valence-electron chi connectivity index (χ3n) is 5.30. The third-order valence-corrected chi connectivity index (χ3v) is 5.30. The van der Waals surface area contributed by atoms with E-state index in [1.165, 1.54) is 52.0 Å². The predicted molar refractivity (Wildman–Crippen MR) is 87.2 cm³/mol. The van der Waals surface area contributed by atoms with Gasteiger partial charge in [-0.2, -0.15) is 0 Å². The topological polar surface area (TPSA) is 18.5 Å². The quantitative estimate of drug-likeness (QED) is 0.835. The van der Waals surface area contributed by atoms with Crippen molar-refractivity contribution in [3.8, 4) is 0 Å². The van der Waals surface area contributed by atoms with Crippen molar-refractivity contribution in [2.75, 3.05) is 32.7 Å². The lowest BCUT2D eigenvalue weighted by Gasteiger charge is -2.49. The van der Waals surface area contributed by atoms with Crippen LogP contribution in [0.5, 0.6) is 0 Å². The first-order valence-corrected chi connectivity index (χ1v) is 8.64. The second-order valence-corrected chi connectivity index (χ2v) is 7.86. The molecule has 1 saturated heterocycles. The molecule has 0 bridgehead atoms. The Morgan fingerprint density at radius 1 is 1.10 bits per heavy atom. The van der Waals surface area contributed by atoms with Crippen LogP contribution in [0.2, 0.25) is 0 Å². The number of hydrogen-bond acceptors (Lipinski definition) is 3. The van der Waals surface area contributed by atoms with E-state index in [1.807, 2.05) is 0 Å². The highest BCUT2D eigenvalue weighted by atomic mass is 15.3. The summed E-state index contributed by atoms with van der Waals surface area (Å²) < 4.78 is 0. The molecule has 2 rings (SSSR count). The number of hydrogen-bond donors (Lipinski definition) is 1. The fraction of sp³-hybridized carbons (Fsp3) is 1.00. The fourth-order valence-electron chi connectivity index (χ4n) is 3.48. The highest BCUT2D eigenvalue weighted by Gasteiger charge is 2.37. The Morgan fingerprint density at radius 3 is 2.20 bits per heavy atom. The minimum Gasteiger partial charge on any atom is -0.312 e. The van der Waals surface area contributed by atoms with Gasteiger partial charge in [-0.05, 0) is 59.4 Å². The zero-order valence-electron chi connectivity index (χ0n) is 14.3. The van der Waals surface area contributed by atoms with E-state index in [4.69, 9.17) is 0 Å². The minimum absolute atomic E-state index is 0.259. The molecule has 0 amide bonds. The van der Waals surface area contributed by atoms with Crippen LogP contribution >= 0.6 is 0 Å². The van der Waals surface area contributed by atoms with E-state index in [0.29, 0.717) is 0 Å². The van der Waals surface area contributed by atoms with Gasteiger partial charge in [-0.3, -0.25) is 9.80 Å². The summed E-state index contributed by atoms with van der Waals surface area (Å²) in [7, 11) is 0. The average Bonchev–Trinajstić information content (AvgIpc) is 2.36. The van der Waals surface area contributed by atoms with Gasteiger partial charge >= 0.3 is 0 Å². The molecule has 1 saturated carbocycles. The summed E-state index contributed by atoms with van der Waals surface area (Å²) >= 11 is 0. The Balaban J connectivity index is 1.74. The van der Waals surface area contributed by atoms with Crippen LogP contribution in [0.25, 0.3) is 0 Å². The van der Waals surface area contributed by atoms with Crippen LogP contribution < -0.4 is 5.32 Å². The van der Waals surface area contributed by atoms with Crippen LogP contribution in [0, 0.1) is 5.92 Å². The molecule has 2 fully saturated rings. The monoisotopic (exact) mass is 281 g/mol. The SMILES string of the molecule is CCC(C)N1CCN(C2CCC2CNC(C)(C)C)CC1. The van der Waals surface area contributed by atoms with Gasteiger partial charge in [-0.15, -0.1) is 0 Å². The van der Waals surface area contributed by atoms with Crippen molar-refractivity contribution in [1.29, 1.82) is 0 Å². The van der Waals surface area contributed by atoms with Gasteiger partial charge in [0, 0.05) is 43.8 Å². The van der Waals surface area contributed by atoms with E-state index < -0.39 is 0 Å². The van der Waals surface area contributed by atoms with Crippen molar-refractivity contribution >= 4 is 0 Å². The average molecular weight is 281 g/mol. The predicted octanol–water partition coefficient (Wildman–Crippen LogP) is 2.57. The fourth-order valence-corrected chi connectivity index (χ4v) is 3.48. The Bertz CT molecular complexity index is 289. The minimum atomic E-state index is 0.259. The number of nitrogens with one attached hydrogen (secondary N) is 1. The summed E-state index contributed by atoms with van der Waals surface area (Å²) in [6, 6.07) is 1.61. The molecule has 118 valence electrons. The van der Waals surface area contributed by atoms with Gasteiger partial charge in [0.15, 0.2) is 0 Å². The molecule has 2 aliphatic rings. The largest absolute Gasteiger partial charge is 0.312 e. The number of rotatable bonds is 5. The maximum absolute atomic E-state index is 3.69. The van der Waals surface area contributed by atoms with Crippen LogP contribution in [0.3, 0.4) is 0 Å². The lowest BCUT2D eigenvalue weighted by atomic mass is 9.77. The Morgan fingerprint density at radius 2 is 1.75 bits per heavy atom. The van der Waals surface area contributed by atoms with Gasteiger partial charge in [-0.25, -0.2) is 0 Å². The molecular formula is C17H35N3. The Kier molecular flexibility index (Phi) is 5.49. The van der Waals surface area contributed by atoms with Crippen LogP contribution in [-0.4, -0.2) is 60.1 Å². The van der Waals surface area contributed by atoms with Gasteiger partial charge in [0.05, 0.1) is 0 Å². The molecule has 0 spiro atoms. The van der Waals surface area contributed by atoms with Crippen molar-refractivity contribution in [3.63, 3.8) is 0 Å². The number of nitrogens with zero attached hydrogens (tertiary/aromatic N) is 2. The first-order valence-electron chi connectivity index (χ1n) is 8.64. The smallest absolute Gasteiger partial charge is 0.0137 e. The van der Waals surface area contributed by atoms with E-state index >= 15 is 0 Å². The van der Waals surface area contributed by atoms with Crippen molar-refractivity contribution < 1.29 is 0 Å². The van der Waals surface area contributed by atoms with Crippen molar-refractivity contribution in [1.82, 2.24) is 15.1 Å². The molecule has 3 atom stereocenters. The molecule has 0 radical (unpaired) electrons. The maximum Gasteiger partial charge on any atom is 0.0137 e. The summed E-state index contributed by atoms with van der Waals surface area (Å²) in [6.45, 7) is 17.8. The van der Waals surface area contributed by atoms with E-state index in [2.05, 4.69) is 49.7 Å². The Hall–Kier alpha value is -0.120. The molecule has 1 heterocycles. The van der Waals surface area contributed by atoms with Crippen molar-refractivity contribution in [2.45, 2.75) is 71.5 Å². The van der Waals surface area contributed by atoms with E-state index in [0.717, 1.165) is 18.0 Å². The molecule has 3 unspecified atom stereocenters. The standard InChI is InChI=1S/C17H35N3/c1-6-14(2)19-9-11-20(12-10-19)16-8-7-15(16)13-18-17(3,4)5/h14-16,18H,6-13H2,1-5H3. The molecule has 1 N–H and O–H groups in total. The lowest BCUT2D eigenvalue weighted by Crippen LogP contribution is -2.58. The first kappa shape index (κ1) is 16.3. The lowest BCUT2D eigenvalue weighted by molar-refractivity contribution is 0.00930. The molecule has 1 aliphatic heterocycles. The normalized spacial score (nSPS) is 31.1. The van der Waals surface area contributed by atoms with Crippen LogP contribution in [0.1, 0.15) is 53.9 Å². The van der Waals surface area contributed by atoms with Crippen molar-refractivity contribution in [2.24, 2.45) is 5.92 Å². The molecule has 0 aromatic carbocycles. The summed E-state index contributed by atoms with van der Waals surface area (Å²) in [4.78, 5) is 5.43. The van der Waals surface area contributed by atoms with Gasteiger partial charge < -0.3 is 5.32 Å². The Labute approximate surface area is 126 Å². The zero-order valence-corrected chi connectivity index (χ0v) is 14.3. The highest BCUT2D eigenvalue weighted by Crippen LogP contribution is 2.32. The first-order chi connectivity index (χ1) is 9.40. The summed E-state index contributed by atoms with van der Waals surface area (Å²) in [6.07, 6.45) is 4.11. The second kappa shape index (κ2) is 6.76.